The minimum atomic E-state index is -4.13. The summed E-state index contributed by atoms with van der Waals surface area (Å²) in [5.41, 5.74) is 1.99. The summed E-state index contributed by atoms with van der Waals surface area (Å²) >= 11 is 0. The van der Waals surface area contributed by atoms with Crippen molar-refractivity contribution in [2.24, 2.45) is 0 Å². The van der Waals surface area contributed by atoms with Gasteiger partial charge in [0.15, 0.2) is 0 Å². The van der Waals surface area contributed by atoms with Crippen molar-refractivity contribution in [1.82, 2.24) is 4.98 Å². The van der Waals surface area contributed by atoms with Gasteiger partial charge in [-0.25, -0.2) is 0 Å². The van der Waals surface area contributed by atoms with E-state index in [1.165, 1.54) is 24.6 Å². The first-order valence-electron chi connectivity index (χ1n) is 5.14. The number of aromatic amines is 1. The molecular weight excluding hydrogens is 226 g/mol. The molecule has 0 bridgehead atoms. The van der Waals surface area contributed by atoms with Crippen molar-refractivity contribution in [3.8, 4) is 0 Å². The lowest BCUT2D eigenvalue weighted by Gasteiger charge is -1.98. The van der Waals surface area contributed by atoms with Crippen LogP contribution in [0.2, 0.25) is 0 Å². The van der Waals surface area contributed by atoms with Gasteiger partial charge in [0.1, 0.15) is 4.90 Å². The average molecular weight is 237 g/mol. The molecule has 0 atom stereocenters. The van der Waals surface area contributed by atoms with E-state index in [0.717, 1.165) is 5.52 Å². The summed E-state index contributed by atoms with van der Waals surface area (Å²) in [6.45, 7) is 0. The summed E-state index contributed by atoms with van der Waals surface area (Å²) in [5.74, 6) is 0.627. The van der Waals surface area contributed by atoms with Crippen molar-refractivity contribution in [3.05, 3.63) is 30.0 Å². The Morgan fingerprint density at radius 1 is 1.31 bits per heavy atom. The Hall–Kier alpha value is -1.33. The van der Waals surface area contributed by atoms with Gasteiger partial charge in [-0.2, -0.15) is 8.42 Å². The second kappa shape index (κ2) is 3.09. The molecule has 0 unspecified atom stereocenters. The van der Waals surface area contributed by atoms with Crippen LogP contribution in [0.25, 0.3) is 10.9 Å². The van der Waals surface area contributed by atoms with Gasteiger partial charge in [-0.05, 0) is 30.4 Å². The summed E-state index contributed by atoms with van der Waals surface area (Å²) in [6, 6.07) is 5.65. The Morgan fingerprint density at radius 2 is 2.06 bits per heavy atom. The maximum atomic E-state index is 11.1. The zero-order valence-corrected chi connectivity index (χ0v) is 9.29. The molecule has 1 aromatic carbocycles. The van der Waals surface area contributed by atoms with E-state index >= 15 is 0 Å². The predicted molar refractivity (Wildman–Crippen MR) is 60.1 cm³/mol. The normalized spacial score (nSPS) is 16.8. The van der Waals surface area contributed by atoms with Crippen LogP contribution in [0.4, 0.5) is 0 Å². The SMILES string of the molecule is O=S(=O)(O)c1c[nH]c2cc(C3CC3)ccc12. The van der Waals surface area contributed by atoms with E-state index in [2.05, 4.69) is 4.98 Å². The lowest BCUT2D eigenvalue weighted by atomic mass is 10.1. The van der Waals surface area contributed by atoms with E-state index in [0.29, 0.717) is 11.3 Å². The highest BCUT2D eigenvalue weighted by Crippen LogP contribution is 2.41. The third-order valence-corrected chi connectivity index (χ3v) is 3.89. The van der Waals surface area contributed by atoms with Crippen molar-refractivity contribution in [2.45, 2.75) is 23.7 Å². The number of nitrogens with one attached hydrogen (secondary N) is 1. The first-order valence-corrected chi connectivity index (χ1v) is 6.58. The molecule has 84 valence electrons. The summed E-state index contributed by atoms with van der Waals surface area (Å²) in [4.78, 5) is 2.83. The molecule has 1 saturated carbocycles. The van der Waals surface area contributed by atoms with Gasteiger partial charge in [-0.1, -0.05) is 12.1 Å². The van der Waals surface area contributed by atoms with Gasteiger partial charge in [0.05, 0.1) is 0 Å². The molecule has 4 nitrogen and oxygen atoms in total. The molecule has 0 saturated heterocycles. The van der Waals surface area contributed by atoms with Crippen LogP contribution in [-0.2, 0) is 10.1 Å². The second-order valence-corrected chi connectivity index (χ2v) is 5.60. The van der Waals surface area contributed by atoms with Gasteiger partial charge in [-0.15, -0.1) is 0 Å². The molecule has 2 N–H and O–H groups in total. The number of fused-ring (bicyclic) bond motifs is 1. The lowest BCUT2D eigenvalue weighted by Crippen LogP contribution is -1.96. The van der Waals surface area contributed by atoms with Gasteiger partial charge < -0.3 is 4.98 Å². The molecule has 1 aromatic heterocycles. The van der Waals surface area contributed by atoms with Crippen LogP contribution in [0.15, 0.2) is 29.3 Å². The fourth-order valence-corrected chi connectivity index (χ4v) is 2.66. The zero-order chi connectivity index (χ0) is 11.3. The van der Waals surface area contributed by atoms with Gasteiger partial charge >= 0.3 is 0 Å². The Bertz CT molecular complexity index is 653. The van der Waals surface area contributed by atoms with Crippen molar-refractivity contribution in [3.63, 3.8) is 0 Å². The molecule has 1 heterocycles. The molecule has 1 fully saturated rings. The van der Waals surface area contributed by atoms with Crippen LogP contribution in [0.5, 0.6) is 0 Å². The first kappa shape index (κ1) is 9.86. The molecule has 0 aliphatic heterocycles. The largest absolute Gasteiger partial charge is 0.360 e. The van der Waals surface area contributed by atoms with Crippen molar-refractivity contribution in [2.75, 3.05) is 0 Å². The van der Waals surface area contributed by atoms with Crippen LogP contribution in [-0.4, -0.2) is 18.0 Å². The number of hydrogen-bond acceptors (Lipinski definition) is 2. The molecule has 16 heavy (non-hydrogen) atoms. The fraction of sp³-hybridized carbons (Fsp3) is 0.273. The number of aromatic nitrogens is 1. The first-order chi connectivity index (χ1) is 7.55. The average Bonchev–Trinajstić information content (AvgIpc) is 2.95. The molecule has 0 radical (unpaired) electrons. The predicted octanol–water partition coefficient (Wildman–Crippen LogP) is 2.29. The molecular formula is C11H11NO3S. The van der Waals surface area contributed by atoms with Crippen LogP contribution >= 0.6 is 0 Å². The third kappa shape index (κ3) is 1.52. The molecule has 1 aliphatic carbocycles. The number of H-pyrrole nitrogens is 1. The van der Waals surface area contributed by atoms with Crippen molar-refractivity contribution >= 4 is 21.0 Å². The topological polar surface area (TPSA) is 70.2 Å². The third-order valence-electron chi connectivity index (χ3n) is 2.99. The number of hydrogen-bond donors (Lipinski definition) is 2. The van der Waals surface area contributed by atoms with Crippen LogP contribution in [0.3, 0.4) is 0 Å². The van der Waals surface area contributed by atoms with E-state index in [4.69, 9.17) is 4.55 Å². The fourth-order valence-electron chi connectivity index (χ4n) is 2.00. The maximum absolute atomic E-state index is 11.1. The van der Waals surface area contributed by atoms with Crippen LogP contribution < -0.4 is 0 Å². The van der Waals surface area contributed by atoms with Gasteiger partial charge in [-0.3, -0.25) is 4.55 Å². The van der Waals surface area contributed by atoms with E-state index in [-0.39, 0.29) is 4.90 Å². The van der Waals surface area contributed by atoms with E-state index in [9.17, 15) is 8.42 Å². The summed E-state index contributed by atoms with van der Waals surface area (Å²) in [7, 11) is -4.13. The van der Waals surface area contributed by atoms with E-state index in [1.807, 2.05) is 12.1 Å². The quantitative estimate of drug-likeness (QED) is 0.787. The van der Waals surface area contributed by atoms with Gasteiger partial charge in [0.2, 0.25) is 0 Å². The highest BCUT2D eigenvalue weighted by Gasteiger charge is 2.24. The number of rotatable bonds is 2. The van der Waals surface area contributed by atoms with Crippen LogP contribution in [0, 0.1) is 0 Å². The number of benzene rings is 1. The summed E-state index contributed by atoms with van der Waals surface area (Å²) in [6.07, 6.45) is 3.74. The standard InChI is InChI=1S/C11H11NO3S/c13-16(14,15)11-6-12-10-5-8(7-1-2-7)3-4-9(10)11/h3-7,12H,1-2H2,(H,13,14,15). The molecule has 2 aromatic rings. The summed E-state index contributed by atoms with van der Waals surface area (Å²) in [5, 5.41) is 0.548. The molecule has 0 spiro atoms. The van der Waals surface area contributed by atoms with E-state index < -0.39 is 10.1 Å². The minimum Gasteiger partial charge on any atom is -0.360 e. The zero-order valence-electron chi connectivity index (χ0n) is 8.47. The molecule has 0 amide bonds. The van der Waals surface area contributed by atoms with Crippen LogP contribution in [0.1, 0.15) is 24.3 Å². The molecule has 3 rings (SSSR count). The second-order valence-electron chi connectivity index (χ2n) is 4.21. The minimum absolute atomic E-state index is 0.0511. The highest BCUT2D eigenvalue weighted by atomic mass is 32.2. The van der Waals surface area contributed by atoms with Crippen molar-refractivity contribution in [1.29, 1.82) is 0 Å². The Labute approximate surface area is 93.0 Å². The lowest BCUT2D eigenvalue weighted by molar-refractivity contribution is 0.484. The van der Waals surface area contributed by atoms with Gasteiger partial charge in [0, 0.05) is 17.1 Å². The molecule has 5 heteroatoms. The Kier molecular flexibility index (Phi) is 1.90. The van der Waals surface area contributed by atoms with Crippen molar-refractivity contribution < 1.29 is 13.0 Å². The molecule has 1 aliphatic rings. The maximum Gasteiger partial charge on any atom is 0.296 e. The Morgan fingerprint density at radius 3 is 2.69 bits per heavy atom. The highest BCUT2D eigenvalue weighted by molar-refractivity contribution is 7.86. The smallest absolute Gasteiger partial charge is 0.296 e. The van der Waals surface area contributed by atoms with E-state index in [1.54, 1.807) is 6.07 Å². The summed E-state index contributed by atoms with van der Waals surface area (Å²) < 4.78 is 31.2. The Balaban J connectivity index is 2.21. The monoisotopic (exact) mass is 237 g/mol. The van der Waals surface area contributed by atoms with Gasteiger partial charge in [0.25, 0.3) is 10.1 Å².